The Morgan fingerprint density at radius 2 is 2.14 bits per heavy atom. The maximum atomic E-state index is 13.1. The molecule has 2 nitrogen and oxygen atoms in total. The molecule has 72 valence electrons. The zero-order valence-electron chi connectivity index (χ0n) is 7.42. The Morgan fingerprint density at radius 1 is 1.43 bits per heavy atom. The van der Waals surface area contributed by atoms with Crippen LogP contribution in [0.5, 0.6) is 0 Å². The van der Waals surface area contributed by atoms with Crippen molar-refractivity contribution in [2.45, 2.75) is 0 Å². The summed E-state index contributed by atoms with van der Waals surface area (Å²) in [4.78, 5) is 10.6. The lowest BCUT2D eigenvalue weighted by molar-refractivity contribution is 0.111. The Bertz CT molecular complexity index is 518. The van der Waals surface area contributed by atoms with Crippen LogP contribution in [0, 0.1) is 5.82 Å². The average molecular weight is 212 g/mol. The highest BCUT2D eigenvalue weighted by molar-refractivity contribution is 6.31. The van der Waals surface area contributed by atoms with Gasteiger partial charge >= 0.3 is 0 Å². The minimum absolute atomic E-state index is 0.0659. The molecule has 0 saturated carbocycles. The Labute approximate surface area is 84.9 Å². The van der Waals surface area contributed by atoms with Crippen LogP contribution in [0.3, 0.4) is 0 Å². The van der Waals surface area contributed by atoms with Crippen molar-refractivity contribution >= 4 is 28.8 Å². The van der Waals surface area contributed by atoms with E-state index >= 15 is 0 Å². The fraction of sp³-hybridized carbons (Fsp3) is 0.100. The minimum Gasteiger partial charge on any atom is -0.341 e. The van der Waals surface area contributed by atoms with E-state index in [1.807, 2.05) is 0 Å². The van der Waals surface area contributed by atoms with Crippen LogP contribution < -0.4 is 0 Å². The van der Waals surface area contributed by atoms with Crippen LogP contribution in [-0.2, 0) is 7.05 Å². The summed E-state index contributed by atoms with van der Waals surface area (Å²) in [7, 11) is 1.74. The van der Waals surface area contributed by atoms with Crippen molar-refractivity contribution < 1.29 is 9.18 Å². The molecule has 0 aliphatic heterocycles. The highest BCUT2D eigenvalue weighted by atomic mass is 35.5. The second kappa shape index (κ2) is 3.10. The summed E-state index contributed by atoms with van der Waals surface area (Å²) in [5, 5.41) is 0.743. The smallest absolute Gasteiger partial charge is 0.166 e. The molecule has 4 heteroatoms. The standard InChI is InChI=1S/C10H7ClFNO/c1-13-7(5-14)2-6-3-9(12)8(11)4-10(6)13/h2-5H,1H3. The molecule has 0 radical (unpaired) electrons. The van der Waals surface area contributed by atoms with E-state index < -0.39 is 5.82 Å². The van der Waals surface area contributed by atoms with Crippen molar-refractivity contribution in [1.82, 2.24) is 4.57 Å². The molecule has 0 aliphatic rings. The number of aryl methyl sites for hydroxylation is 1. The summed E-state index contributed by atoms with van der Waals surface area (Å²) in [6, 6.07) is 4.46. The largest absolute Gasteiger partial charge is 0.341 e. The Hall–Kier alpha value is -1.35. The highest BCUT2D eigenvalue weighted by Crippen LogP contribution is 2.24. The molecule has 0 amide bonds. The summed E-state index contributed by atoms with van der Waals surface area (Å²) in [6.45, 7) is 0. The van der Waals surface area contributed by atoms with Crippen molar-refractivity contribution in [3.8, 4) is 0 Å². The van der Waals surface area contributed by atoms with E-state index in [9.17, 15) is 9.18 Å². The average Bonchev–Trinajstić information content (AvgIpc) is 2.45. The number of nitrogens with zero attached hydrogens (tertiary/aromatic N) is 1. The van der Waals surface area contributed by atoms with Crippen molar-refractivity contribution in [1.29, 1.82) is 0 Å². The van der Waals surface area contributed by atoms with Crippen LogP contribution in [0.15, 0.2) is 18.2 Å². The zero-order chi connectivity index (χ0) is 10.3. The zero-order valence-corrected chi connectivity index (χ0v) is 8.18. The van der Waals surface area contributed by atoms with Gasteiger partial charge in [0.05, 0.1) is 10.7 Å². The molecule has 0 N–H and O–H groups in total. The van der Waals surface area contributed by atoms with E-state index in [2.05, 4.69) is 0 Å². The van der Waals surface area contributed by atoms with E-state index in [4.69, 9.17) is 11.6 Å². The van der Waals surface area contributed by atoms with Crippen LogP contribution in [0.2, 0.25) is 5.02 Å². The van der Waals surface area contributed by atoms with Gasteiger partial charge in [-0.15, -0.1) is 0 Å². The number of aromatic nitrogens is 1. The first-order chi connectivity index (χ1) is 6.63. The second-order valence-electron chi connectivity index (χ2n) is 3.07. The van der Waals surface area contributed by atoms with E-state index in [0.717, 1.165) is 11.8 Å². The lowest BCUT2D eigenvalue weighted by atomic mass is 10.2. The highest BCUT2D eigenvalue weighted by Gasteiger charge is 2.08. The number of benzene rings is 1. The van der Waals surface area contributed by atoms with Crippen LogP contribution in [0.1, 0.15) is 10.5 Å². The van der Waals surface area contributed by atoms with Crippen LogP contribution in [0.25, 0.3) is 10.9 Å². The topological polar surface area (TPSA) is 22.0 Å². The van der Waals surface area contributed by atoms with Gasteiger partial charge in [-0.3, -0.25) is 4.79 Å². The van der Waals surface area contributed by atoms with Gasteiger partial charge in [0.15, 0.2) is 6.29 Å². The van der Waals surface area contributed by atoms with Gasteiger partial charge in [0.1, 0.15) is 5.82 Å². The lowest BCUT2D eigenvalue weighted by Crippen LogP contribution is -1.93. The van der Waals surface area contributed by atoms with Crippen molar-refractivity contribution in [2.75, 3.05) is 0 Å². The fourth-order valence-corrected chi connectivity index (χ4v) is 1.62. The Balaban J connectivity index is 2.86. The van der Waals surface area contributed by atoms with E-state index in [-0.39, 0.29) is 5.02 Å². The van der Waals surface area contributed by atoms with Gasteiger partial charge in [0.25, 0.3) is 0 Å². The predicted octanol–water partition coefficient (Wildman–Crippen LogP) is 2.78. The molecule has 2 aromatic rings. The summed E-state index contributed by atoms with van der Waals surface area (Å²) >= 11 is 5.64. The van der Waals surface area contributed by atoms with E-state index in [1.54, 1.807) is 17.7 Å². The lowest BCUT2D eigenvalue weighted by Gasteiger charge is -1.99. The Kier molecular flexibility index (Phi) is 2.04. The molecule has 0 aliphatic carbocycles. The molecule has 0 atom stereocenters. The molecule has 0 unspecified atom stereocenters. The maximum Gasteiger partial charge on any atom is 0.166 e. The normalized spacial score (nSPS) is 10.8. The van der Waals surface area contributed by atoms with Gasteiger partial charge in [-0.25, -0.2) is 4.39 Å². The monoisotopic (exact) mass is 211 g/mol. The molecule has 1 heterocycles. The van der Waals surface area contributed by atoms with Gasteiger partial charge in [-0.05, 0) is 18.2 Å². The number of aldehydes is 1. The maximum absolute atomic E-state index is 13.1. The molecule has 2 rings (SSSR count). The second-order valence-corrected chi connectivity index (χ2v) is 3.48. The molecular weight excluding hydrogens is 205 g/mol. The molecule has 0 fully saturated rings. The molecular formula is C10H7ClFNO. The van der Waals surface area contributed by atoms with Crippen molar-refractivity contribution in [3.05, 3.63) is 34.7 Å². The quantitative estimate of drug-likeness (QED) is 0.665. The van der Waals surface area contributed by atoms with Crippen molar-refractivity contribution in [3.63, 3.8) is 0 Å². The SMILES string of the molecule is Cn1c(C=O)cc2cc(F)c(Cl)cc21. The molecule has 0 bridgehead atoms. The van der Waals surface area contributed by atoms with Gasteiger partial charge in [-0.2, -0.15) is 0 Å². The number of hydrogen-bond acceptors (Lipinski definition) is 1. The summed E-state index contributed by atoms with van der Waals surface area (Å²) in [5.74, 6) is -0.470. The number of halogens is 2. The molecule has 0 saturated heterocycles. The van der Waals surface area contributed by atoms with Crippen molar-refractivity contribution in [2.24, 2.45) is 7.05 Å². The van der Waals surface area contributed by atoms with Crippen LogP contribution >= 0.6 is 11.6 Å². The van der Waals surface area contributed by atoms with Gasteiger partial charge in [-0.1, -0.05) is 11.6 Å². The number of carbonyl (C=O) groups excluding carboxylic acids is 1. The first kappa shape index (κ1) is 9.21. The molecule has 1 aromatic heterocycles. The predicted molar refractivity (Wildman–Crippen MR) is 53.3 cm³/mol. The number of fused-ring (bicyclic) bond motifs is 1. The molecule has 1 aromatic carbocycles. The van der Waals surface area contributed by atoms with Gasteiger partial charge < -0.3 is 4.57 Å². The van der Waals surface area contributed by atoms with Crippen LogP contribution in [0.4, 0.5) is 4.39 Å². The number of rotatable bonds is 1. The third kappa shape index (κ3) is 1.21. The fourth-order valence-electron chi connectivity index (χ4n) is 1.47. The van der Waals surface area contributed by atoms with Gasteiger partial charge in [0.2, 0.25) is 0 Å². The molecule has 0 spiro atoms. The third-order valence-corrected chi connectivity index (χ3v) is 2.53. The third-order valence-electron chi connectivity index (χ3n) is 2.24. The number of carbonyl (C=O) groups is 1. The van der Waals surface area contributed by atoms with Gasteiger partial charge in [0, 0.05) is 18.0 Å². The molecule has 14 heavy (non-hydrogen) atoms. The Morgan fingerprint density at radius 3 is 2.79 bits per heavy atom. The minimum atomic E-state index is -0.470. The summed E-state index contributed by atoms with van der Waals surface area (Å²) in [6.07, 6.45) is 0.728. The first-order valence-electron chi connectivity index (χ1n) is 4.03. The van der Waals surface area contributed by atoms with E-state index in [0.29, 0.717) is 11.1 Å². The summed E-state index contributed by atoms with van der Waals surface area (Å²) in [5.41, 5.74) is 1.25. The first-order valence-corrected chi connectivity index (χ1v) is 4.41. The van der Waals surface area contributed by atoms with E-state index in [1.165, 1.54) is 12.1 Å². The summed E-state index contributed by atoms with van der Waals surface area (Å²) < 4.78 is 14.7. The van der Waals surface area contributed by atoms with Crippen LogP contribution in [-0.4, -0.2) is 10.9 Å². The number of hydrogen-bond donors (Lipinski definition) is 0.